The Hall–Kier alpha value is -4.05. The van der Waals surface area contributed by atoms with Gasteiger partial charge in [-0.05, 0) is 35.4 Å². The lowest BCUT2D eigenvalue weighted by Gasteiger charge is -2.35. The first-order valence-corrected chi connectivity index (χ1v) is 13.1. The monoisotopic (exact) mass is 515 g/mol. The Labute approximate surface area is 219 Å². The number of fused-ring (bicyclic) bond motifs is 1. The van der Waals surface area contributed by atoms with E-state index in [4.69, 9.17) is 4.84 Å². The lowest BCUT2D eigenvalue weighted by atomic mass is 10.1. The van der Waals surface area contributed by atoms with Gasteiger partial charge in [0.1, 0.15) is 35.0 Å². The first kappa shape index (κ1) is 24.6. The lowest BCUT2D eigenvalue weighted by molar-refractivity contribution is -0.131. The second-order valence-corrected chi connectivity index (χ2v) is 9.85. The van der Waals surface area contributed by atoms with Crippen LogP contribution in [0.1, 0.15) is 34.7 Å². The van der Waals surface area contributed by atoms with Gasteiger partial charge >= 0.3 is 0 Å². The molecule has 190 valence electrons. The Balaban J connectivity index is 1.13. The van der Waals surface area contributed by atoms with Crippen molar-refractivity contribution < 1.29 is 9.63 Å². The Kier molecular flexibility index (Phi) is 7.55. The summed E-state index contributed by atoms with van der Waals surface area (Å²) >= 11 is 1.72. The van der Waals surface area contributed by atoms with Crippen molar-refractivity contribution >= 4 is 45.4 Å². The van der Waals surface area contributed by atoms with Crippen molar-refractivity contribution in [3.63, 3.8) is 0 Å². The summed E-state index contributed by atoms with van der Waals surface area (Å²) in [6, 6.07) is 12.7. The van der Waals surface area contributed by atoms with E-state index in [9.17, 15) is 4.79 Å². The topological polar surface area (TPSA) is 89.3 Å². The minimum atomic E-state index is 0.131. The van der Waals surface area contributed by atoms with Gasteiger partial charge in [-0.15, -0.1) is 16.4 Å². The van der Waals surface area contributed by atoms with Crippen LogP contribution in [-0.2, 0) is 11.2 Å². The Morgan fingerprint density at radius 1 is 1.08 bits per heavy atom. The summed E-state index contributed by atoms with van der Waals surface area (Å²) in [5, 5.41) is 9.00. The quantitative estimate of drug-likeness (QED) is 0.298. The maximum Gasteiger partial charge on any atom is 0.222 e. The fourth-order valence-electron chi connectivity index (χ4n) is 4.44. The third-order valence-corrected chi connectivity index (χ3v) is 7.39. The number of thiophene rings is 1. The molecular weight excluding hydrogens is 486 g/mol. The molecule has 0 aliphatic carbocycles. The molecule has 0 bridgehead atoms. The summed E-state index contributed by atoms with van der Waals surface area (Å²) in [7, 11) is 0. The van der Waals surface area contributed by atoms with Gasteiger partial charge in [0.25, 0.3) is 0 Å². The Bertz CT molecular complexity index is 1390. The van der Waals surface area contributed by atoms with Crippen molar-refractivity contribution in [1.82, 2.24) is 30.0 Å². The number of piperazine rings is 1. The van der Waals surface area contributed by atoms with Gasteiger partial charge in [-0.3, -0.25) is 4.79 Å². The molecule has 10 heteroatoms. The lowest BCUT2D eigenvalue weighted by Crippen LogP contribution is -2.49. The van der Waals surface area contributed by atoms with Crippen molar-refractivity contribution in [3.8, 4) is 0 Å². The minimum absolute atomic E-state index is 0.131. The first-order valence-electron chi connectivity index (χ1n) is 12.3. The van der Waals surface area contributed by atoms with Gasteiger partial charge in [-0.1, -0.05) is 48.3 Å². The molecule has 4 heterocycles. The van der Waals surface area contributed by atoms with Gasteiger partial charge in [-0.25, -0.2) is 9.97 Å². The summed E-state index contributed by atoms with van der Waals surface area (Å²) in [5.74, 6) is 1.08. The van der Waals surface area contributed by atoms with Crippen LogP contribution in [0.2, 0.25) is 0 Å². The molecule has 0 unspecified atom stereocenters. The molecule has 3 aromatic heterocycles. The van der Waals surface area contributed by atoms with Gasteiger partial charge in [0.15, 0.2) is 0 Å². The van der Waals surface area contributed by atoms with Crippen LogP contribution in [0.25, 0.3) is 22.4 Å². The summed E-state index contributed by atoms with van der Waals surface area (Å²) < 4.78 is 0. The zero-order valence-corrected chi connectivity index (χ0v) is 21.4. The van der Waals surface area contributed by atoms with Gasteiger partial charge in [0, 0.05) is 43.9 Å². The average molecular weight is 516 g/mol. The number of carbonyl (C=O) groups excluding carboxylic acids is 1. The second kappa shape index (κ2) is 11.3. The van der Waals surface area contributed by atoms with E-state index in [0.717, 1.165) is 35.5 Å². The molecule has 1 aliphatic rings. The maximum absolute atomic E-state index is 12.8. The van der Waals surface area contributed by atoms with Crippen LogP contribution in [0.4, 0.5) is 5.82 Å². The number of amides is 1. The molecule has 0 saturated carbocycles. The molecule has 1 aliphatic heterocycles. The number of carbonyl (C=O) groups is 1. The molecule has 0 atom stereocenters. The van der Waals surface area contributed by atoms with Crippen LogP contribution in [0, 0.1) is 0 Å². The predicted octanol–water partition coefficient (Wildman–Crippen LogP) is 3.72. The van der Waals surface area contributed by atoms with Crippen LogP contribution < -0.4 is 9.74 Å². The van der Waals surface area contributed by atoms with Crippen molar-refractivity contribution in [3.05, 3.63) is 77.7 Å². The SMILES string of the molecule is C=Cc1nnn(OCCCC(=O)N2CCN(c3ncnc4sc(Cc5ccccc5)cc34)CC2)c1C=C. The molecule has 1 saturated heterocycles. The summed E-state index contributed by atoms with van der Waals surface area (Å²) in [4.78, 5) is 35.3. The van der Waals surface area contributed by atoms with Gasteiger partial charge in [0.05, 0.1) is 5.39 Å². The van der Waals surface area contributed by atoms with E-state index in [2.05, 4.69) is 68.7 Å². The maximum atomic E-state index is 12.8. The second-order valence-electron chi connectivity index (χ2n) is 8.74. The van der Waals surface area contributed by atoms with Gasteiger partial charge < -0.3 is 14.6 Å². The van der Waals surface area contributed by atoms with Crippen molar-refractivity contribution in [1.29, 1.82) is 0 Å². The fourth-order valence-corrected chi connectivity index (χ4v) is 5.46. The molecule has 4 aromatic rings. The van der Waals surface area contributed by atoms with Gasteiger partial charge in [0.2, 0.25) is 5.91 Å². The third kappa shape index (κ3) is 5.54. The zero-order valence-electron chi connectivity index (χ0n) is 20.6. The van der Waals surface area contributed by atoms with Crippen LogP contribution >= 0.6 is 11.3 Å². The van der Waals surface area contributed by atoms with Crippen LogP contribution in [-0.4, -0.2) is 68.7 Å². The van der Waals surface area contributed by atoms with Crippen molar-refractivity contribution in [2.45, 2.75) is 19.3 Å². The molecular formula is C27H29N7O2S. The zero-order chi connectivity index (χ0) is 25.6. The average Bonchev–Trinajstić information content (AvgIpc) is 3.54. The summed E-state index contributed by atoms with van der Waals surface area (Å²) in [5.41, 5.74) is 2.54. The van der Waals surface area contributed by atoms with Gasteiger partial charge in [-0.2, -0.15) is 0 Å². The fraction of sp³-hybridized carbons (Fsp3) is 0.296. The van der Waals surface area contributed by atoms with E-state index in [1.165, 1.54) is 15.3 Å². The van der Waals surface area contributed by atoms with E-state index in [0.29, 0.717) is 43.9 Å². The molecule has 5 rings (SSSR count). The molecule has 0 N–H and O–H groups in total. The minimum Gasteiger partial charge on any atom is -0.395 e. The molecule has 37 heavy (non-hydrogen) atoms. The number of hydrogen-bond acceptors (Lipinski definition) is 8. The van der Waals surface area contributed by atoms with Crippen molar-refractivity contribution in [2.75, 3.05) is 37.7 Å². The Morgan fingerprint density at radius 3 is 2.65 bits per heavy atom. The normalized spacial score (nSPS) is 13.6. The number of rotatable bonds is 10. The molecule has 9 nitrogen and oxygen atoms in total. The number of benzene rings is 1. The summed E-state index contributed by atoms with van der Waals surface area (Å²) in [6.45, 7) is 10.6. The molecule has 1 aromatic carbocycles. The van der Waals surface area contributed by atoms with E-state index in [-0.39, 0.29) is 5.91 Å². The highest BCUT2D eigenvalue weighted by Crippen LogP contribution is 2.32. The molecule has 0 spiro atoms. The van der Waals surface area contributed by atoms with Crippen LogP contribution in [0.5, 0.6) is 0 Å². The predicted molar refractivity (Wildman–Crippen MR) is 146 cm³/mol. The largest absolute Gasteiger partial charge is 0.395 e. The molecule has 0 radical (unpaired) electrons. The standard InChI is InChI=1S/C27H29N7O2S/c1-3-23-24(4-2)34(31-30-23)36-16-8-11-25(35)32-12-14-33(15-13-32)26-22-18-21(37-27(22)29-19-28-26)17-20-9-6-5-7-10-20/h3-7,9-10,18-19H,1-2,8,11-17H2. The van der Waals surface area contributed by atoms with E-state index in [1.54, 1.807) is 29.8 Å². The smallest absolute Gasteiger partial charge is 0.222 e. The number of nitrogens with zero attached hydrogens (tertiary/aromatic N) is 7. The highest BCUT2D eigenvalue weighted by Gasteiger charge is 2.23. The number of hydrogen-bond donors (Lipinski definition) is 0. The highest BCUT2D eigenvalue weighted by atomic mass is 32.1. The van der Waals surface area contributed by atoms with E-state index < -0.39 is 0 Å². The van der Waals surface area contributed by atoms with E-state index in [1.807, 2.05) is 11.0 Å². The summed E-state index contributed by atoms with van der Waals surface area (Å²) in [6.07, 6.45) is 6.74. The first-order chi connectivity index (χ1) is 18.2. The van der Waals surface area contributed by atoms with Crippen LogP contribution in [0.15, 0.2) is 55.9 Å². The van der Waals surface area contributed by atoms with Crippen LogP contribution in [0.3, 0.4) is 0 Å². The Morgan fingerprint density at radius 2 is 1.89 bits per heavy atom. The number of anilines is 1. The van der Waals surface area contributed by atoms with Crippen molar-refractivity contribution in [2.24, 2.45) is 0 Å². The van der Waals surface area contributed by atoms with E-state index >= 15 is 0 Å². The molecule has 1 amide bonds. The highest BCUT2D eigenvalue weighted by molar-refractivity contribution is 7.18. The third-order valence-electron chi connectivity index (χ3n) is 6.35. The molecule has 1 fully saturated rings. The number of aromatic nitrogens is 5.